The summed E-state index contributed by atoms with van der Waals surface area (Å²) in [6.45, 7) is 1.36. The summed E-state index contributed by atoms with van der Waals surface area (Å²) in [6, 6.07) is 17.6. The minimum atomic E-state index is -0.216. The Morgan fingerprint density at radius 3 is 2.73 bits per heavy atom. The molecule has 7 nitrogen and oxygen atoms in total. The molecule has 2 heterocycles. The van der Waals surface area contributed by atoms with Crippen molar-refractivity contribution in [2.45, 2.75) is 32.0 Å². The molecule has 156 valence electrons. The first-order valence-corrected chi connectivity index (χ1v) is 10.2. The van der Waals surface area contributed by atoms with Gasteiger partial charge in [0.05, 0.1) is 32.6 Å². The number of methoxy groups -OCH3 is 1. The Hall–Kier alpha value is -3.19. The van der Waals surface area contributed by atoms with Crippen LogP contribution in [0.3, 0.4) is 0 Å². The molecule has 1 aromatic heterocycles. The third-order valence-electron chi connectivity index (χ3n) is 5.36. The number of benzene rings is 2. The Balaban J connectivity index is 1.57. The van der Waals surface area contributed by atoms with Gasteiger partial charge in [0.1, 0.15) is 11.4 Å². The van der Waals surface area contributed by atoms with Gasteiger partial charge in [-0.1, -0.05) is 47.7 Å². The van der Waals surface area contributed by atoms with Crippen molar-refractivity contribution in [1.29, 1.82) is 0 Å². The molecular formula is C23H26N4O3. The van der Waals surface area contributed by atoms with E-state index in [0.717, 1.165) is 22.6 Å². The second-order valence-electron chi connectivity index (χ2n) is 7.50. The summed E-state index contributed by atoms with van der Waals surface area (Å²) in [5, 5.41) is 11.5. The maximum atomic E-state index is 13.3. The molecule has 0 aliphatic carbocycles. The molecule has 0 spiro atoms. The van der Waals surface area contributed by atoms with Crippen LogP contribution in [0, 0.1) is 5.92 Å². The fourth-order valence-electron chi connectivity index (χ4n) is 3.65. The smallest absolute Gasteiger partial charge is 0.224 e. The molecule has 2 bridgehead atoms. The van der Waals surface area contributed by atoms with E-state index >= 15 is 0 Å². The van der Waals surface area contributed by atoms with E-state index in [4.69, 9.17) is 9.47 Å². The number of fused-ring (bicyclic) bond motifs is 2. The molecule has 7 heteroatoms. The minimum Gasteiger partial charge on any atom is -0.497 e. The topological polar surface area (TPSA) is 78.3 Å². The Labute approximate surface area is 176 Å². The van der Waals surface area contributed by atoms with Gasteiger partial charge in [-0.25, -0.2) is 0 Å². The maximum absolute atomic E-state index is 13.3. The van der Waals surface area contributed by atoms with Crippen LogP contribution in [0.1, 0.15) is 29.3 Å². The zero-order valence-corrected chi connectivity index (χ0v) is 17.0. The predicted octanol–water partition coefficient (Wildman–Crippen LogP) is 2.92. The van der Waals surface area contributed by atoms with E-state index in [1.54, 1.807) is 11.8 Å². The van der Waals surface area contributed by atoms with Crippen LogP contribution in [0.15, 0.2) is 60.8 Å². The van der Waals surface area contributed by atoms with Crippen LogP contribution in [0.5, 0.6) is 5.75 Å². The number of ether oxygens (including phenoxy) is 2. The van der Waals surface area contributed by atoms with Crippen LogP contribution in [0.25, 0.3) is 0 Å². The van der Waals surface area contributed by atoms with E-state index in [2.05, 4.69) is 15.6 Å². The lowest BCUT2D eigenvalue weighted by Gasteiger charge is -2.24. The number of amides is 1. The molecule has 0 saturated carbocycles. The van der Waals surface area contributed by atoms with Gasteiger partial charge in [-0.15, -0.1) is 5.10 Å². The highest BCUT2D eigenvalue weighted by Gasteiger charge is 2.24. The summed E-state index contributed by atoms with van der Waals surface area (Å²) in [5.74, 6) is 0.624. The van der Waals surface area contributed by atoms with Crippen LogP contribution < -0.4 is 10.1 Å². The zero-order valence-electron chi connectivity index (χ0n) is 17.0. The highest BCUT2D eigenvalue weighted by atomic mass is 16.5. The number of rotatable bonds is 4. The van der Waals surface area contributed by atoms with E-state index in [-0.39, 0.29) is 17.9 Å². The highest BCUT2D eigenvalue weighted by Crippen LogP contribution is 2.21. The van der Waals surface area contributed by atoms with Crippen molar-refractivity contribution >= 4 is 5.91 Å². The molecule has 1 aliphatic rings. The van der Waals surface area contributed by atoms with Crippen molar-refractivity contribution in [3.05, 3.63) is 77.6 Å². The van der Waals surface area contributed by atoms with Gasteiger partial charge in [-0.05, 0) is 36.1 Å². The quantitative estimate of drug-likeness (QED) is 0.721. The van der Waals surface area contributed by atoms with Gasteiger partial charge < -0.3 is 14.8 Å². The molecule has 1 amide bonds. The summed E-state index contributed by atoms with van der Waals surface area (Å²) < 4.78 is 12.9. The third kappa shape index (κ3) is 5.04. The van der Waals surface area contributed by atoms with Crippen molar-refractivity contribution in [1.82, 2.24) is 20.3 Å². The molecule has 2 aromatic carbocycles. The monoisotopic (exact) mass is 406 g/mol. The molecular weight excluding hydrogens is 380 g/mol. The second-order valence-corrected chi connectivity index (χ2v) is 7.50. The molecule has 2 atom stereocenters. The fraction of sp³-hybridized carbons (Fsp3) is 0.348. The van der Waals surface area contributed by atoms with Crippen LogP contribution >= 0.6 is 0 Å². The Bertz CT molecular complexity index is 956. The number of hydrogen-bond donors (Lipinski definition) is 1. The lowest BCUT2D eigenvalue weighted by atomic mass is 9.94. The van der Waals surface area contributed by atoms with Gasteiger partial charge in [-0.3, -0.25) is 9.48 Å². The molecule has 0 radical (unpaired) electrons. The van der Waals surface area contributed by atoms with Gasteiger partial charge in [0.15, 0.2) is 0 Å². The third-order valence-corrected chi connectivity index (χ3v) is 5.36. The number of nitrogens with zero attached hydrogens (tertiary/aromatic N) is 3. The highest BCUT2D eigenvalue weighted by molar-refractivity contribution is 5.79. The molecule has 0 fully saturated rings. The van der Waals surface area contributed by atoms with Crippen molar-refractivity contribution in [2.75, 3.05) is 13.7 Å². The van der Waals surface area contributed by atoms with Crippen molar-refractivity contribution < 1.29 is 14.3 Å². The molecule has 3 aromatic rings. The van der Waals surface area contributed by atoms with Crippen molar-refractivity contribution in [3.63, 3.8) is 0 Å². The maximum Gasteiger partial charge on any atom is 0.224 e. The van der Waals surface area contributed by atoms with E-state index in [1.807, 2.05) is 60.8 Å². The van der Waals surface area contributed by atoms with Crippen molar-refractivity contribution in [2.24, 2.45) is 5.92 Å². The van der Waals surface area contributed by atoms with Crippen LogP contribution in [-0.2, 0) is 29.1 Å². The SMILES string of the molecule is COc1ccc(C[C@@H]2CCn3cc(nn3)COC[C@H](c3ccccc3)NC2=O)cc1. The van der Waals surface area contributed by atoms with Crippen molar-refractivity contribution in [3.8, 4) is 5.75 Å². The van der Waals surface area contributed by atoms with E-state index in [0.29, 0.717) is 32.6 Å². The Morgan fingerprint density at radius 2 is 1.97 bits per heavy atom. The molecule has 1 N–H and O–H groups in total. The van der Waals surface area contributed by atoms with Gasteiger partial charge in [0.2, 0.25) is 5.91 Å². The number of aryl methyl sites for hydroxylation is 1. The number of aromatic nitrogens is 3. The molecule has 30 heavy (non-hydrogen) atoms. The molecule has 0 unspecified atom stereocenters. The molecule has 0 saturated heterocycles. The summed E-state index contributed by atoms with van der Waals surface area (Å²) in [7, 11) is 1.65. The largest absolute Gasteiger partial charge is 0.497 e. The first-order chi connectivity index (χ1) is 14.7. The summed E-state index contributed by atoms with van der Waals surface area (Å²) >= 11 is 0. The van der Waals surface area contributed by atoms with E-state index in [9.17, 15) is 4.79 Å². The predicted molar refractivity (Wildman–Crippen MR) is 112 cm³/mol. The first-order valence-electron chi connectivity index (χ1n) is 10.2. The zero-order chi connectivity index (χ0) is 20.8. The molecule has 1 aliphatic heterocycles. The van der Waals surface area contributed by atoms with E-state index < -0.39 is 0 Å². The van der Waals surface area contributed by atoms with Gasteiger partial charge >= 0.3 is 0 Å². The summed E-state index contributed by atoms with van der Waals surface area (Å²) in [5.41, 5.74) is 2.91. The fourth-order valence-corrected chi connectivity index (χ4v) is 3.65. The minimum absolute atomic E-state index is 0.0178. The summed E-state index contributed by atoms with van der Waals surface area (Å²) in [4.78, 5) is 13.3. The number of nitrogens with one attached hydrogen (secondary N) is 1. The van der Waals surface area contributed by atoms with Crippen LogP contribution in [0.4, 0.5) is 0 Å². The average molecular weight is 406 g/mol. The normalized spacial score (nSPS) is 20.0. The lowest BCUT2D eigenvalue weighted by Crippen LogP contribution is -2.37. The number of hydrogen-bond acceptors (Lipinski definition) is 5. The average Bonchev–Trinajstić information content (AvgIpc) is 3.24. The van der Waals surface area contributed by atoms with E-state index in [1.165, 1.54) is 0 Å². The van der Waals surface area contributed by atoms with Crippen LogP contribution in [-0.4, -0.2) is 34.6 Å². The van der Waals surface area contributed by atoms with Crippen LogP contribution in [0.2, 0.25) is 0 Å². The molecule has 4 rings (SSSR count). The first kappa shape index (κ1) is 20.1. The Morgan fingerprint density at radius 1 is 1.17 bits per heavy atom. The van der Waals surface area contributed by atoms with Gasteiger partial charge in [-0.2, -0.15) is 0 Å². The van der Waals surface area contributed by atoms with Gasteiger partial charge in [0.25, 0.3) is 0 Å². The second kappa shape index (κ2) is 9.54. The standard InChI is InChI=1S/C23H26N4O3/c1-29-21-9-7-17(8-10-21)13-19-11-12-27-14-20(25-26-27)15-30-16-22(24-23(19)28)18-5-3-2-4-6-18/h2-10,14,19,22H,11-13,15-16H2,1H3,(H,24,28)/t19-,22+/m0/s1. The summed E-state index contributed by atoms with van der Waals surface area (Å²) in [6.07, 6.45) is 3.20. The number of carbonyl (C=O) groups excluding carboxylic acids is 1. The Kier molecular flexibility index (Phi) is 6.39. The number of carbonyl (C=O) groups is 1. The van der Waals surface area contributed by atoms with Gasteiger partial charge in [0, 0.05) is 12.5 Å². The lowest BCUT2D eigenvalue weighted by molar-refractivity contribution is -0.126.